The molecule has 1 aromatic carbocycles. The van der Waals surface area contributed by atoms with Crippen molar-refractivity contribution in [1.82, 2.24) is 9.88 Å². The summed E-state index contributed by atoms with van der Waals surface area (Å²) < 4.78 is 0. The van der Waals surface area contributed by atoms with Crippen molar-refractivity contribution in [2.24, 2.45) is 0 Å². The first-order valence-electron chi connectivity index (χ1n) is 9.39. The van der Waals surface area contributed by atoms with Gasteiger partial charge in [0.2, 0.25) is 11.8 Å². The Morgan fingerprint density at radius 2 is 1.63 bits per heavy atom. The Labute approximate surface area is 162 Å². The molecule has 0 radical (unpaired) electrons. The summed E-state index contributed by atoms with van der Waals surface area (Å²) in [4.78, 5) is 31.9. The SMILES string of the molecule is CC(=O)N(CCC(=O)N(C)CCc1ccncc1)c1ccc(C(C)C)cc1. The third-order valence-corrected chi connectivity index (χ3v) is 4.71. The molecule has 0 N–H and O–H groups in total. The average Bonchev–Trinajstić information content (AvgIpc) is 2.67. The van der Waals surface area contributed by atoms with E-state index in [0.29, 0.717) is 25.4 Å². The van der Waals surface area contributed by atoms with Crippen LogP contribution in [0, 0.1) is 0 Å². The second-order valence-electron chi connectivity index (χ2n) is 7.09. The molecule has 0 aliphatic carbocycles. The number of nitrogens with zero attached hydrogens (tertiary/aromatic N) is 3. The summed E-state index contributed by atoms with van der Waals surface area (Å²) in [6.07, 6.45) is 4.61. The Morgan fingerprint density at radius 1 is 1.00 bits per heavy atom. The number of carbonyl (C=O) groups excluding carboxylic acids is 2. The van der Waals surface area contributed by atoms with Gasteiger partial charge >= 0.3 is 0 Å². The van der Waals surface area contributed by atoms with Crippen LogP contribution in [0.4, 0.5) is 5.69 Å². The molecular formula is C22H29N3O2. The Hall–Kier alpha value is -2.69. The lowest BCUT2D eigenvalue weighted by Gasteiger charge is -2.23. The van der Waals surface area contributed by atoms with Gasteiger partial charge in [0.25, 0.3) is 0 Å². The second kappa shape index (κ2) is 9.86. The highest BCUT2D eigenvalue weighted by atomic mass is 16.2. The molecule has 2 amide bonds. The van der Waals surface area contributed by atoms with Crippen molar-refractivity contribution < 1.29 is 9.59 Å². The quantitative estimate of drug-likeness (QED) is 0.716. The Morgan fingerprint density at radius 3 is 2.19 bits per heavy atom. The molecule has 0 bridgehead atoms. The van der Waals surface area contributed by atoms with Gasteiger partial charge in [0.05, 0.1) is 0 Å². The summed E-state index contributed by atoms with van der Waals surface area (Å²) >= 11 is 0. The molecule has 0 saturated heterocycles. The molecule has 0 unspecified atom stereocenters. The Bertz CT molecular complexity index is 742. The van der Waals surface area contributed by atoms with Gasteiger partial charge in [-0.15, -0.1) is 0 Å². The molecule has 27 heavy (non-hydrogen) atoms. The van der Waals surface area contributed by atoms with E-state index in [1.807, 2.05) is 36.4 Å². The van der Waals surface area contributed by atoms with E-state index in [1.54, 1.807) is 29.2 Å². The fraction of sp³-hybridized carbons (Fsp3) is 0.409. The second-order valence-corrected chi connectivity index (χ2v) is 7.09. The third kappa shape index (κ3) is 6.20. The summed E-state index contributed by atoms with van der Waals surface area (Å²) in [5.74, 6) is 0.425. The first-order valence-corrected chi connectivity index (χ1v) is 9.39. The van der Waals surface area contributed by atoms with Crippen LogP contribution in [0.1, 0.15) is 44.2 Å². The minimum absolute atomic E-state index is 0.0362. The molecular weight excluding hydrogens is 338 g/mol. The standard InChI is InChI=1S/C22H29N3O2/c1-17(2)20-5-7-21(8-6-20)25(18(3)26)16-12-22(27)24(4)15-11-19-9-13-23-14-10-19/h5-10,13-14,17H,11-12,15-16H2,1-4H3. The smallest absolute Gasteiger partial charge is 0.224 e. The van der Waals surface area contributed by atoms with Crippen LogP contribution in [0.5, 0.6) is 0 Å². The maximum absolute atomic E-state index is 12.4. The highest BCUT2D eigenvalue weighted by molar-refractivity contribution is 5.92. The van der Waals surface area contributed by atoms with Crippen molar-refractivity contribution in [2.75, 3.05) is 25.0 Å². The zero-order valence-electron chi connectivity index (χ0n) is 16.7. The number of anilines is 1. The topological polar surface area (TPSA) is 53.5 Å². The number of amides is 2. The van der Waals surface area contributed by atoms with Crippen LogP contribution >= 0.6 is 0 Å². The number of likely N-dealkylation sites (N-methyl/N-ethyl adjacent to an activating group) is 1. The summed E-state index contributed by atoms with van der Waals surface area (Å²) in [6.45, 7) is 6.84. The van der Waals surface area contributed by atoms with Gasteiger partial charge in [-0.1, -0.05) is 26.0 Å². The molecule has 0 saturated carbocycles. The predicted octanol–water partition coefficient (Wildman–Crippen LogP) is 3.65. The molecule has 0 aliphatic rings. The van der Waals surface area contributed by atoms with E-state index < -0.39 is 0 Å². The Kier molecular flexibility index (Phi) is 7.53. The number of pyridine rings is 1. The van der Waals surface area contributed by atoms with Crippen LogP contribution in [0.3, 0.4) is 0 Å². The number of hydrogen-bond donors (Lipinski definition) is 0. The van der Waals surface area contributed by atoms with Gasteiger partial charge < -0.3 is 9.80 Å². The summed E-state index contributed by atoms with van der Waals surface area (Å²) in [6, 6.07) is 11.9. The molecule has 144 valence electrons. The number of benzene rings is 1. The first kappa shape index (κ1) is 20.6. The predicted molar refractivity (Wildman–Crippen MR) is 109 cm³/mol. The van der Waals surface area contributed by atoms with Crippen molar-refractivity contribution in [3.63, 3.8) is 0 Å². The maximum atomic E-state index is 12.4. The van der Waals surface area contributed by atoms with E-state index in [9.17, 15) is 9.59 Å². The van der Waals surface area contributed by atoms with Crippen molar-refractivity contribution >= 4 is 17.5 Å². The normalized spacial score (nSPS) is 10.7. The molecule has 0 spiro atoms. The lowest BCUT2D eigenvalue weighted by molar-refractivity contribution is -0.129. The highest BCUT2D eigenvalue weighted by Gasteiger charge is 2.16. The maximum Gasteiger partial charge on any atom is 0.224 e. The third-order valence-electron chi connectivity index (χ3n) is 4.71. The van der Waals surface area contributed by atoms with Gasteiger partial charge in [-0.05, 0) is 47.7 Å². The minimum Gasteiger partial charge on any atom is -0.345 e. The molecule has 1 aromatic heterocycles. The molecule has 0 atom stereocenters. The van der Waals surface area contributed by atoms with Crippen LogP contribution in [0.25, 0.3) is 0 Å². The largest absolute Gasteiger partial charge is 0.345 e. The molecule has 2 aromatic rings. The lowest BCUT2D eigenvalue weighted by atomic mass is 10.0. The van der Waals surface area contributed by atoms with Crippen LogP contribution in [-0.4, -0.2) is 41.8 Å². The lowest BCUT2D eigenvalue weighted by Crippen LogP contribution is -2.35. The number of hydrogen-bond acceptors (Lipinski definition) is 3. The van der Waals surface area contributed by atoms with E-state index in [-0.39, 0.29) is 11.8 Å². The van der Waals surface area contributed by atoms with Gasteiger partial charge in [-0.2, -0.15) is 0 Å². The average molecular weight is 367 g/mol. The van der Waals surface area contributed by atoms with Crippen LogP contribution in [0.15, 0.2) is 48.8 Å². The van der Waals surface area contributed by atoms with Gasteiger partial charge in [0.1, 0.15) is 0 Å². The van der Waals surface area contributed by atoms with Crippen LogP contribution < -0.4 is 4.90 Å². The summed E-state index contributed by atoms with van der Waals surface area (Å²) in [5.41, 5.74) is 3.22. The van der Waals surface area contributed by atoms with Gasteiger partial charge in [0.15, 0.2) is 0 Å². The van der Waals surface area contributed by atoms with E-state index in [4.69, 9.17) is 0 Å². The molecule has 5 nitrogen and oxygen atoms in total. The first-order chi connectivity index (χ1) is 12.9. The van der Waals surface area contributed by atoms with Gasteiger partial charge in [-0.25, -0.2) is 0 Å². The highest BCUT2D eigenvalue weighted by Crippen LogP contribution is 2.20. The fourth-order valence-electron chi connectivity index (χ4n) is 2.88. The number of carbonyl (C=O) groups is 2. The van der Waals surface area contributed by atoms with Crippen molar-refractivity contribution in [1.29, 1.82) is 0 Å². The summed E-state index contributed by atoms with van der Waals surface area (Å²) in [7, 11) is 1.80. The molecule has 1 heterocycles. The molecule has 0 aliphatic heterocycles. The van der Waals surface area contributed by atoms with Crippen LogP contribution in [0.2, 0.25) is 0 Å². The fourth-order valence-corrected chi connectivity index (χ4v) is 2.88. The zero-order valence-corrected chi connectivity index (χ0v) is 16.7. The molecule has 2 rings (SSSR count). The van der Waals surface area contributed by atoms with Crippen LogP contribution in [-0.2, 0) is 16.0 Å². The number of rotatable bonds is 8. The van der Waals surface area contributed by atoms with Crippen molar-refractivity contribution in [2.45, 2.75) is 39.5 Å². The van der Waals surface area contributed by atoms with E-state index in [2.05, 4.69) is 18.8 Å². The minimum atomic E-state index is -0.0560. The monoisotopic (exact) mass is 367 g/mol. The van der Waals surface area contributed by atoms with E-state index >= 15 is 0 Å². The number of aromatic nitrogens is 1. The molecule has 5 heteroatoms. The zero-order chi connectivity index (χ0) is 19.8. The Balaban J connectivity index is 1.90. The van der Waals surface area contributed by atoms with E-state index in [0.717, 1.165) is 17.7 Å². The van der Waals surface area contributed by atoms with Gasteiger partial charge in [-0.3, -0.25) is 14.6 Å². The summed E-state index contributed by atoms with van der Waals surface area (Å²) in [5, 5.41) is 0. The molecule has 0 fully saturated rings. The van der Waals surface area contributed by atoms with E-state index in [1.165, 1.54) is 12.5 Å². The van der Waals surface area contributed by atoms with Gasteiger partial charge in [0, 0.05) is 51.6 Å². The van der Waals surface area contributed by atoms with Crippen molar-refractivity contribution in [3.05, 3.63) is 59.9 Å². The van der Waals surface area contributed by atoms with Crippen molar-refractivity contribution in [3.8, 4) is 0 Å².